The fourth-order valence-corrected chi connectivity index (χ4v) is 23.0. The lowest BCUT2D eigenvalue weighted by atomic mass is 9.81. The molecule has 716 valence electrons. The highest BCUT2D eigenvalue weighted by molar-refractivity contribution is 7.86. The molecule has 11 rings (SSSR count). The maximum atomic E-state index is 13.2. The maximum absolute atomic E-state index is 13.2. The number of nitrogens with two attached hydrogens (primary N) is 1. The number of unbranched alkanes of at least 4 members (excludes halogenated alkanes) is 10. The predicted molar refractivity (Wildman–Crippen MR) is 489 cm³/mol. The zero-order valence-electron chi connectivity index (χ0n) is 74.7. The van der Waals surface area contributed by atoms with E-state index in [1.54, 1.807) is 24.3 Å². The van der Waals surface area contributed by atoms with Gasteiger partial charge in [-0.25, -0.2) is 28.6 Å². The van der Waals surface area contributed by atoms with E-state index >= 15 is 0 Å². The molecule has 5 aliphatic rings. The van der Waals surface area contributed by atoms with Gasteiger partial charge in [0.25, 0.3) is 40.5 Å². The molecule has 0 aliphatic carbocycles. The number of carbonyl (C=O) groups excluding carboxylic acids is 2. The van der Waals surface area contributed by atoms with Crippen LogP contribution in [-0.4, -0.2) is 201 Å². The summed E-state index contributed by atoms with van der Waals surface area (Å²) < 4.78 is 212. The number of nitrogen functional groups attached to an aromatic ring is 1. The molecule has 4 aromatic carbocycles. The summed E-state index contributed by atoms with van der Waals surface area (Å²) in [5, 5.41) is 17.5. The van der Waals surface area contributed by atoms with Crippen molar-refractivity contribution in [3.8, 4) is 0 Å². The summed E-state index contributed by atoms with van der Waals surface area (Å²) in [7, 11) is -35.0. The van der Waals surface area contributed by atoms with E-state index in [2.05, 4.69) is 53.2 Å². The van der Waals surface area contributed by atoms with Crippen LogP contribution in [0.25, 0.3) is 11.2 Å². The van der Waals surface area contributed by atoms with E-state index in [9.17, 15) is 95.0 Å². The second kappa shape index (κ2) is 41.9. The van der Waals surface area contributed by atoms with Gasteiger partial charge in [0, 0.05) is 127 Å². The summed E-state index contributed by atoms with van der Waals surface area (Å²) in [4.78, 5) is 73.1. The molecule has 5 aliphatic heterocycles. The zero-order chi connectivity index (χ0) is 95.8. The lowest BCUT2D eigenvalue weighted by Crippen LogP contribution is -2.36. The molecule has 0 saturated carbocycles. The van der Waals surface area contributed by atoms with Crippen LogP contribution in [0.4, 0.5) is 28.6 Å². The molecule has 7 atom stereocenters. The predicted octanol–water partition coefficient (Wildman–Crippen LogP) is 13.1. The smallest absolute Gasteiger partial charge is 0.387 e. The monoisotopic (exact) mass is 1960 g/mol. The zero-order valence-corrected chi connectivity index (χ0v) is 80.6. The number of likely N-dealkylation sites (N-methyl/N-ethyl adjacent to an activating group) is 2. The summed E-state index contributed by atoms with van der Waals surface area (Å²) in [5.41, 5.74) is 13.3. The number of rotatable bonds is 47. The molecule has 131 heavy (non-hydrogen) atoms. The van der Waals surface area contributed by atoms with Gasteiger partial charge < -0.3 is 55.4 Å². The van der Waals surface area contributed by atoms with Gasteiger partial charge in [-0.05, 0) is 177 Å². The molecule has 0 spiro atoms. The maximum Gasteiger partial charge on any atom is 0.490 e. The SMILES string of the molecule is CCN1/C(=C/C=C/C=C/C2=[N+](CCCCCC(=O)NCCCCCCO[C@@H]3[C@H](O)[C@@H](COP(=O)(O)OP(=O)(O)OP(=O)(O)OCCCCCCNC(=O)CCCCC[N+]4=C(/C=C/C=C5/N(CC)c6ccc(S(=O)(=O)O)cc6C5(C)C)C(C)(C)c5cc(S(=O)(=O)O)ccc54)O[C@H]3n3cnc4c(N)ncnc43)c3ccc(S(=O)(=O)O)cc3C2(C)C)C(C)(C)c2cc(S(=O)(=O)O)ccc21. The van der Waals surface area contributed by atoms with Gasteiger partial charge in [-0.1, -0.05) is 77.7 Å². The van der Waals surface area contributed by atoms with Crippen LogP contribution in [0.5, 0.6) is 0 Å². The van der Waals surface area contributed by atoms with Gasteiger partial charge in [0.1, 0.15) is 43.2 Å². The van der Waals surface area contributed by atoms with Crippen LogP contribution in [0, 0.1) is 0 Å². The van der Waals surface area contributed by atoms with Gasteiger partial charge in [0.05, 0.1) is 50.0 Å². The molecule has 1 saturated heterocycles. The first kappa shape index (κ1) is 103. The first-order chi connectivity index (χ1) is 61.3. The molecule has 12 N–H and O–H groups in total. The first-order valence-corrected chi connectivity index (χ1v) is 53.5. The van der Waals surface area contributed by atoms with Crippen molar-refractivity contribution >= 4 is 127 Å². The van der Waals surface area contributed by atoms with Crippen LogP contribution in [0.15, 0.2) is 165 Å². The van der Waals surface area contributed by atoms with Crippen molar-refractivity contribution in [2.24, 2.45) is 0 Å². The number of carbonyl (C=O) groups is 2. The number of nitrogens with one attached hydrogen (secondary N) is 2. The van der Waals surface area contributed by atoms with E-state index in [0.29, 0.717) is 134 Å². The number of aliphatic hydroxyl groups excluding tert-OH is 1. The Balaban J connectivity index is 0.576. The third kappa shape index (κ3) is 24.7. The Kier molecular flexibility index (Phi) is 33.0. The molecular formula is C86H118N11O27P3S4+2. The molecule has 45 heteroatoms. The Labute approximate surface area is 763 Å². The second-order valence-corrected chi connectivity index (χ2v) is 45.0. The minimum Gasteiger partial charge on any atom is -0.387 e. The van der Waals surface area contributed by atoms with Crippen molar-refractivity contribution in [2.45, 2.75) is 238 Å². The van der Waals surface area contributed by atoms with Crippen molar-refractivity contribution in [1.29, 1.82) is 0 Å². The number of amides is 2. The highest BCUT2D eigenvalue weighted by atomic mass is 32.2. The largest absolute Gasteiger partial charge is 0.490 e. The highest BCUT2D eigenvalue weighted by Gasteiger charge is 2.51. The number of phosphoric acid groups is 3. The van der Waals surface area contributed by atoms with Gasteiger partial charge in [0.2, 0.25) is 23.2 Å². The van der Waals surface area contributed by atoms with E-state index in [4.69, 9.17) is 24.3 Å². The number of aliphatic hydroxyl groups is 1. The standard InChI is InChI=1S/C86H116N11O27P3S4/c1-11-93-66-41-37-58(128(107,108)109)51-62(66)83(3,4)71(93)31-20-17-21-32-73-85(7,8)64-53-60(130(113,114)115)39-43-68(64)95(73)47-26-18-22-35-75(98)88-45-24-13-15-28-49-119-79-78(100)70(122-82(79)97-57-92-77-80(87)90-56-91-81(77)97)55-121-126(103,104)124-127(105,106)123-125(101,102)120-50-29-16-14-25-46-89-76(99)36-23-19-27-48-96-69-44-40-61(131(116,117)118)54-65(69)86(9,10)74(96)34-30-33-72-84(5,6)63-52-59(129(110,111)112)38-42-67(63)94(72)12-2/h17,20-21,30-34,37-44,51-54,56-57,70,78-79,82,100H,11-16,18-19,22-29,35-36,45-50,55H2,1-10H3,(H9-2,87,88,89,90,91,98,99,101,102,103,104,105,106,107,108,109,110,111,112,113,114,115,116,117,118)/p+2/t70-,78-,79-,82-/m1/s1. The molecule has 6 aromatic rings. The van der Waals surface area contributed by atoms with Crippen molar-refractivity contribution in [2.75, 3.05) is 74.6 Å². The molecule has 2 aromatic heterocycles. The van der Waals surface area contributed by atoms with Gasteiger partial charge >= 0.3 is 23.5 Å². The number of fused-ring (bicyclic) bond motifs is 5. The number of benzene rings is 4. The minimum absolute atomic E-state index is 0.0218. The number of hydrogen-bond acceptors (Lipinski definition) is 26. The Morgan fingerprint density at radius 3 is 1.42 bits per heavy atom. The molecule has 1 fully saturated rings. The average molecular weight is 1960 g/mol. The van der Waals surface area contributed by atoms with Crippen LogP contribution in [0.3, 0.4) is 0 Å². The summed E-state index contributed by atoms with van der Waals surface area (Å²) in [6.07, 6.45) is 20.5. The van der Waals surface area contributed by atoms with Gasteiger partial charge in [-0.2, -0.15) is 51.4 Å². The van der Waals surface area contributed by atoms with Crippen LogP contribution in [0.1, 0.15) is 200 Å². The number of hydrogen-bond donors (Lipinski definition) is 11. The Morgan fingerprint density at radius 2 is 0.947 bits per heavy atom. The molecule has 0 bridgehead atoms. The third-order valence-electron chi connectivity index (χ3n) is 24.2. The van der Waals surface area contributed by atoms with E-state index in [-0.39, 0.29) is 74.2 Å². The molecule has 7 heterocycles. The van der Waals surface area contributed by atoms with Crippen LogP contribution in [-0.2, 0) is 113 Å². The van der Waals surface area contributed by atoms with E-state index in [1.165, 1.54) is 65.8 Å². The number of ether oxygens (including phenoxy) is 2. The second-order valence-electron chi connectivity index (χ2n) is 34.7. The lowest BCUT2D eigenvalue weighted by molar-refractivity contribution is -0.438. The molecule has 38 nitrogen and oxygen atoms in total. The van der Waals surface area contributed by atoms with Crippen molar-refractivity contribution in [1.82, 2.24) is 30.2 Å². The average Bonchev–Trinajstić information content (AvgIpc) is 1.67. The minimum atomic E-state index is -5.92. The van der Waals surface area contributed by atoms with Gasteiger partial charge in [-0.3, -0.25) is 41.4 Å². The number of imidazole rings is 1. The van der Waals surface area contributed by atoms with Crippen molar-refractivity contribution in [3.63, 3.8) is 0 Å². The van der Waals surface area contributed by atoms with E-state index in [0.717, 1.165) is 56.7 Å². The molecule has 2 amide bonds. The first-order valence-electron chi connectivity index (χ1n) is 43.2. The van der Waals surface area contributed by atoms with Crippen molar-refractivity contribution in [3.05, 3.63) is 168 Å². The summed E-state index contributed by atoms with van der Waals surface area (Å²) >= 11 is 0. The summed E-state index contributed by atoms with van der Waals surface area (Å²) in [6.45, 7) is 21.2. The van der Waals surface area contributed by atoms with Crippen LogP contribution >= 0.6 is 23.5 Å². The third-order valence-corrected chi connectivity index (χ3v) is 31.9. The normalized spacial score (nSPS) is 20.8. The summed E-state index contributed by atoms with van der Waals surface area (Å²) in [5.74, 6) is -0.288. The van der Waals surface area contributed by atoms with Gasteiger partial charge in [0.15, 0.2) is 29.1 Å². The van der Waals surface area contributed by atoms with Crippen molar-refractivity contribution < 1.29 is 131 Å². The van der Waals surface area contributed by atoms with Crippen LogP contribution in [0.2, 0.25) is 0 Å². The Bertz CT molecular complexity index is 6170. The lowest BCUT2D eigenvalue weighted by Gasteiger charge is -2.25. The molecule has 0 radical (unpaired) electrons. The summed E-state index contributed by atoms with van der Waals surface area (Å²) in [6, 6.07) is 18.1. The number of phosphoric ester groups is 2. The van der Waals surface area contributed by atoms with E-state index in [1.807, 2.05) is 118 Å². The Morgan fingerprint density at radius 1 is 0.519 bits per heavy atom. The van der Waals surface area contributed by atoms with Crippen LogP contribution < -0.4 is 26.2 Å². The fourth-order valence-electron chi connectivity index (χ4n) is 17.5. The topological polar surface area (TPSA) is 545 Å². The number of anilines is 3. The Hall–Kier alpha value is -8.26. The quantitative estimate of drug-likeness (QED) is 0.00556. The molecule has 3 unspecified atom stereocenters. The number of nitrogens with zero attached hydrogens (tertiary/aromatic N) is 8. The fraction of sp³-hybridized carbons (Fsp3) is 0.500. The highest BCUT2D eigenvalue weighted by Crippen LogP contribution is 2.68. The number of aromatic nitrogens is 4. The van der Waals surface area contributed by atoms with Gasteiger partial charge in [-0.15, -0.1) is 0 Å². The molecular weight excluding hydrogens is 1840 g/mol. The number of allylic oxidation sites excluding steroid dienone is 10. The van der Waals surface area contributed by atoms with E-state index < -0.39 is 123 Å².